The highest BCUT2D eigenvalue weighted by Crippen LogP contribution is 2.00. The molecule has 106 valence electrons. The molecule has 0 spiro atoms. The highest BCUT2D eigenvalue weighted by molar-refractivity contribution is 5.81. The van der Waals surface area contributed by atoms with Gasteiger partial charge in [-0.2, -0.15) is 0 Å². The van der Waals surface area contributed by atoms with Gasteiger partial charge in [-0.15, -0.1) is 0 Å². The number of nitrogens with zero attached hydrogens (tertiary/aromatic N) is 1. The SMILES string of the molecule is CCN(CC)C(=O)C(C)NCCCCCC(=O)O. The van der Waals surface area contributed by atoms with Gasteiger partial charge in [0, 0.05) is 19.5 Å². The van der Waals surface area contributed by atoms with Crippen molar-refractivity contribution in [2.45, 2.75) is 52.5 Å². The summed E-state index contributed by atoms with van der Waals surface area (Å²) in [5.74, 6) is -0.612. The quantitative estimate of drug-likeness (QED) is 0.582. The molecule has 0 heterocycles. The van der Waals surface area contributed by atoms with Gasteiger partial charge in [0.1, 0.15) is 0 Å². The van der Waals surface area contributed by atoms with Crippen LogP contribution in [-0.4, -0.2) is 47.6 Å². The zero-order valence-electron chi connectivity index (χ0n) is 11.7. The molecule has 1 atom stereocenters. The molecular formula is C13H26N2O3. The number of carbonyl (C=O) groups is 2. The van der Waals surface area contributed by atoms with Crippen LogP contribution in [0.25, 0.3) is 0 Å². The third-order valence-electron chi connectivity index (χ3n) is 2.96. The van der Waals surface area contributed by atoms with E-state index in [-0.39, 0.29) is 18.4 Å². The molecule has 18 heavy (non-hydrogen) atoms. The third-order valence-corrected chi connectivity index (χ3v) is 2.96. The van der Waals surface area contributed by atoms with Gasteiger partial charge in [0.2, 0.25) is 5.91 Å². The van der Waals surface area contributed by atoms with Gasteiger partial charge in [-0.1, -0.05) is 6.42 Å². The predicted octanol–water partition coefficient (Wildman–Crippen LogP) is 1.48. The summed E-state index contributed by atoms with van der Waals surface area (Å²) < 4.78 is 0. The molecule has 2 N–H and O–H groups in total. The number of nitrogens with one attached hydrogen (secondary N) is 1. The van der Waals surface area contributed by atoms with Crippen LogP contribution in [0.5, 0.6) is 0 Å². The van der Waals surface area contributed by atoms with Crippen molar-refractivity contribution in [2.24, 2.45) is 0 Å². The summed E-state index contributed by atoms with van der Waals surface area (Å²) in [6, 6.07) is -0.163. The summed E-state index contributed by atoms with van der Waals surface area (Å²) in [5, 5.41) is 11.7. The van der Waals surface area contributed by atoms with Gasteiger partial charge in [-0.25, -0.2) is 0 Å². The Hall–Kier alpha value is -1.10. The number of rotatable bonds is 10. The smallest absolute Gasteiger partial charge is 0.303 e. The van der Waals surface area contributed by atoms with Crippen molar-refractivity contribution < 1.29 is 14.7 Å². The average molecular weight is 258 g/mol. The van der Waals surface area contributed by atoms with Crippen molar-refractivity contribution >= 4 is 11.9 Å². The number of carboxylic acid groups (broad SMARTS) is 1. The van der Waals surface area contributed by atoms with E-state index in [1.807, 2.05) is 25.7 Å². The summed E-state index contributed by atoms with van der Waals surface area (Å²) in [5.41, 5.74) is 0. The van der Waals surface area contributed by atoms with Gasteiger partial charge in [0.15, 0.2) is 0 Å². The van der Waals surface area contributed by atoms with E-state index in [0.29, 0.717) is 6.42 Å². The fraction of sp³-hybridized carbons (Fsp3) is 0.846. The average Bonchev–Trinajstić information content (AvgIpc) is 2.34. The molecule has 0 aliphatic rings. The summed E-state index contributed by atoms with van der Waals surface area (Å²) in [6.45, 7) is 8.05. The summed E-state index contributed by atoms with van der Waals surface area (Å²) in [7, 11) is 0. The minimum atomic E-state index is -0.743. The number of hydrogen-bond acceptors (Lipinski definition) is 3. The van der Waals surface area contributed by atoms with E-state index in [4.69, 9.17) is 5.11 Å². The topological polar surface area (TPSA) is 69.6 Å². The van der Waals surface area contributed by atoms with Gasteiger partial charge in [0.05, 0.1) is 6.04 Å². The first-order valence-corrected chi connectivity index (χ1v) is 6.76. The largest absolute Gasteiger partial charge is 0.481 e. The zero-order valence-corrected chi connectivity index (χ0v) is 11.7. The summed E-state index contributed by atoms with van der Waals surface area (Å²) in [6.07, 6.45) is 2.72. The second kappa shape index (κ2) is 9.88. The van der Waals surface area contributed by atoms with E-state index >= 15 is 0 Å². The summed E-state index contributed by atoms with van der Waals surface area (Å²) >= 11 is 0. The van der Waals surface area contributed by atoms with Crippen molar-refractivity contribution in [3.63, 3.8) is 0 Å². The molecule has 5 heteroatoms. The first-order chi connectivity index (χ1) is 8.52. The Morgan fingerprint density at radius 1 is 1.17 bits per heavy atom. The normalized spacial score (nSPS) is 12.2. The molecular weight excluding hydrogens is 232 g/mol. The number of carbonyl (C=O) groups excluding carboxylic acids is 1. The van der Waals surface area contributed by atoms with Crippen molar-refractivity contribution in [3.05, 3.63) is 0 Å². The molecule has 0 bridgehead atoms. The number of amides is 1. The molecule has 0 aromatic rings. The van der Waals surface area contributed by atoms with Crippen molar-refractivity contribution in [1.82, 2.24) is 10.2 Å². The Morgan fingerprint density at radius 3 is 2.28 bits per heavy atom. The molecule has 0 saturated carbocycles. The Bertz CT molecular complexity index is 253. The van der Waals surface area contributed by atoms with Gasteiger partial charge < -0.3 is 15.3 Å². The number of unbranched alkanes of at least 4 members (excludes halogenated alkanes) is 2. The molecule has 0 saturated heterocycles. The molecule has 0 aromatic heterocycles. The van der Waals surface area contributed by atoms with E-state index in [1.165, 1.54) is 0 Å². The zero-order chi connectivity index (χ0) is 14.0. The number of likely N-dealkylation sites (N-methyl/N-ethyl adjacent to an activating group) is 1. The van der Waals surface area contributed by atoms with E-state index < -0.39 is 5.97 Å². The lowest BCUT2D eigenvalue weighted by atomic mass is 10.2. The first kappa shape index (κ1) is 16.9. The molecule has 0 aliphatic carbocycles. The maximum atomic E-state index is 11.9. The lowest BCUT2D eigenvalue weighted by Crippen LogP contribution is -2.45. The van der Waals surface area contributed by atoms with Crippen LogP contribution in [0.2, 0.25) is 0 Å². The van der Waals surface area contributed by atoms with Crippen LogP contribution in [0.1, 0.15) is 46.5 Å². The Labute approximate surface area is 110 Å². The fourth-order valence-electron chi connectivity index (χ4n) is 1.79. The lowest BCUT2D eigenvalue weighted by molar-refractivity contribution is -0.137. The minimum absolute atomic E-state index is 0.130. The lowest BCUT2D eigenvalue weighted by Gasteiger charge is -2.23. The fourth-order valence-corrected chi connectivity index (χ4v) is 1.79. The Balaban J connectivity index is 3.66. The molecule has 0 aliphatic heterocycles. The molecule has 0 radical (unpaired) electrons. The van der Waals surface area contributed by atoms with Crippen molar-refractivity contribution in [2.75, 3.05) is 19.6 Å². The number of aliphatic carboxylic acids is 1. The number of hydrogen-bond donors (Lipinski definition) is 2. The van der Waals surface area contributed by atoms with Crippen LogP contribution in [-0.2, 0) is 9.59 Å². The highest BCUT2D eigenvalue weighted by atomic mass is 16.4. The summed E-state index contributed by atoms with van der Waals surface area (Å²) in [4.78, 5) is 24.0. The highest BCUT2D eigenvalue weighted by Gasteiger charge is 2.16. The molecule has 0 rings (SSSR count). The van der Waals surface area contributed by atoms with Gasteiger partial charge in [-0.3, -0.25) is 9.59 Å². The van der Waals surface area contributed by atoms with Crippen LogP contribution < -0.4 is 5.32 Å². The molecule has 5 nitrogen and oxygen atoms in total. The standard InChI is InChI=1S/C13H26N2O3/c1-4-15(5-2)13(18)11(3)14-10-8-6-7-9-12(16)17/h11,14H,4-10H2,1-3H3,(H,16,17). The van der Waals surface area contributed by atoms with Crippen LogP contribution in [0.15, 0.2) is 0 Å². The second-order valence-electron chi connectivity index (χ2n) is 4.39. The Morgan fingerprint density at radius 2 is 1.78 bits per heavy atom. The Kier molecular flexibility index (Phi) is 9.28. The maximum absolute atomic E-state index is 11.9. The van der Waals surface area contributed by atoms with Crippen LogP contribution in [0.4, 0.5) is 0 Å². The van der Waals surface area contributed by atoms with Crippen LogP contribution in [0, 0.1) is 0 Å². The van der Waals surface area contributed by atoms with Crippen LogP contribution in [0.3, 0.4) is 0 Å². The minimum Gasteiger partial charge on any atom is -0.481 e. The second-order valence-corrected chi connectivity index (χ2v) is 4.39. The van der Waals surface area contributed by atoms with Crippen LogP contribution >= 0.6 is 0 Å². The molecule has 0 fully saturated rings. The third kappa shape index (κ3) is 7.27. The van der Waals surface area contributed by atoms with Gasteiger partial charge >= 0.3 is 5.97 Å². The van der Waals surface area contributed by atoms with E-state index in [0.717, 1.165) is 32.5 Å². The van der Waals surface area contributed by atoms with Gasteiger partial charge in [-0.05, 0) is 40.2 Å². The van der Waals surface area contributed by atoms with E-state index in [9.17, 15) is 9.59 Å². The van der Waals surface area contributed by atoms with E-state index in [2.05, 4.69) is 5.32 Å². The molecule has 0 aromatic carbocycles. The van der Waals surface area contributed by atoms with E-state index in [1.54, 1.807) is 0 Å². The van der Waals surface area contributed by atoms with Gasteiger partial charge in [0.25, 0.3) is 0 Å². The predicted molar refractivity (Wildman–Crippen MR) is 71.5 cm³/mol. The first-order valence-electron chi connectivity index (χ1n) is 6.76. The number of carboxylic acids is 1. The monoisotopic (exact) mass is 258 g/mol. The van der Waals surface area contributed by atoms with Crippen molar-refractivity contribution in [3.8, 4) is 0 Å². The van der Waals surface area contributed by atoms with Crippen molar-refractivity contribution in [1.29, 1.82) is 0 Å². The molecule has 1 unspecified atom stereocenters. The molecule has 1 amide bonds. The maximum Gasteiger partial charge on any atom is 0.303 e.